The number of benzene rings is 1. The Morgan fingerprint density at radius 3 is 2.74 bits per heavy atom. The van der Waals surface area contributed by atoms with Crippen molar-refractivity contribution >= 4 is 40.2 Å². The number of nitrogens with zero attached hydrogens (tertiary/aromatic N) is 1. The highest BCUT2D eigenvalue weighted by Crippen LogP contribution is 2.13. The fraction of sp³-hybridized carbons (Fsp3) is 0.385. The highest BCUT2D eigenvalue weighted by Gasteiger charge is 2.18. The molecule has 0 aliphatic carbocycles. The van der Waals surface area contributed by atoms with Gasteiger partial charge in [-0.3, -0.25) is 14.5 Å². The Balaban J connectivity index is 2.54. The van der Waals surface area contributed by atoms with Gasteiger partial charge in [-0.2, -0.15) is 0 Å². The number of aliphatic carboxylic acids is 1. The molecule has 0 aliphatic heterocycles. The molecule has 0 spiro atoms. The molecule has 0 fully saturated rings. The monoisotopic (exact) mass is 376 g/mol. The Kier molecular flexibility index (Phi) is 6.23. The van der Waals surface area contributed by atoms with Gasteiger partial charge in [0.05, 0.1) is 12.5 Å². The molecule has 104 valence electrons. The fourth-order valence-corrected chi connectivity index (χ4v) is 2.02. The number of carboxylic acids is 1. The lowest BCUT2D eigenvalue weighted by Crippen LogP contribution is -2.40. The topological polar surface area (TPSA) is 69.6 Å². The highest BCUT2D eigenvalue weighted by atomic mass is 127. The van der Waals surface area contributed by atoms with Crippen LogP contribution in [0, 0.1) is 3.57 Å². The average molecular weight is 376 g/mol. The number of anilines is 1. The first kappa shape index (κ1) is 15.9. The van der Waals surface area contributed by atoms with Crippen LogP contribution in [-0.2, 0) is 9.59 Å². The minimum Gasteiger partial charge on any atom is -0.481 e. The number of rotatable bonds is 6. The quantitative estimate of drug-likeness (QED) is 0.746. The maximum Gasteiger partial charge on any atom is 0.304 e. The smallest absolute Gasteiger partial charge is 0.304 e. The van der Waals surface area contributed by atoms with E-state index in [9.17, 15) is 9.59 Å². The second-order valence-electron chi connectivity index (χ2n) is 4.30. The summed E-state index contributed by atoms with van der Waals surface area (Å²) < 4.78 is 1.04. The molecule has 1 amide bonds. The molecule has 1 aromatic rings. The van der Waals surface area contributed by atoms with Gasteiger partial charge >= 0.3 is 5.97 Å². The third kappa shape index (κ3) is 5.56. The van der Waals surface area contributed by atoms with E-state index in [-0.39, 0.29) is 18.4 Å². The lowest BCUT2D eigenvalue weighted by molar-refractivity contribution is -0.137. The zero-order valence-corrected chi connectivity index (χ0v) is 13.0. The third-order valence-electron chi connectivity index (χ3n) is 2.81. The van der Waals surface area contributed by atoms with E-state index in [2.05, 4.69) is 27.9 Å². The van der Waals surface area contributed by atoms with Gasteiger partial charge in [0, 0.05) is 15.8 Å². The minimum absolute atomic E-state index is 0.0252. The largest absolute Gasteiger partial charge is 0.481 e. The molecule has 0 bridgehead atoms. The number of carbonyl (C=O) groups is 2. The van der Waals surface area contributed by atoms with Crippen molar-refractivity contribution in [2.75, 3.05) is 18.9 Å². The molecule has 1 aromatic carbocycles. The summed E-state index contributed by atoms with van der Waals surface area (Å²) >= 11 is 2.18. The van der Waals surface area contributed by atoms with E-state index >= 15 is 0 Å². The molecular weight excluding hydrogens is 359 g/mol. The number of carboxylic acid groups (broad SMARTS) is 1. The first-order valence-electron chi connectivity index (χ1n) is 5.88. The van der Waals surface area contributed by atoms with Gasteiger partial charge in [0.2, 0.25) is 5.91 Å². The van der Waals surface area contributed by atoms with Crippen molar-refractivity contribution in [3.8, 4) is 0 Å². The highest BCUT2D eigenvalue weighted by molar-refractivity contribution is 14.1. The van der Waals surface area contributed by atoms with Gasteiger partial charge in [-0.25, -0.2) is 0 Å². The van der Waals surface area contributed by atoms with Crippen LogP contribution in [0.2, 0.25) is 0 Å². The Bertz CT molecular complexity index is 465. The second-order valence-corrected chi connectivity index (χ2v) is 5.55. The van der Waals surface area contributed by atoms with Gasteiger partial charge in [0.1, 0.15) is 0 Å². The average Bonchev–Trinajstić information content (AvgIpc) is 2.34. The van der Waals surface area contributed by atoms with E-state index in [4.69, 9.17) is 5.11 Å². The van der Waals surface area contributed by atoms with Crippen LogP contribution in [0.5, 0.6) is 0 Å². The van der Waals surface area contributed by atoms with Crippen LogP contribution in [-0.4, -0.2) is 41.5 Å². The van der Waals surface area contributed by atoms with Crippen LogP contribution < -0.4 is 5.32 Å². The Hall–Kier alpha value is -1.15. The molecule has 5 nitrogen and oxygen atoms in total. The van der Waals surface area contributed by atoms with Gasteiger partial charge in [-0.05, 0) is 54.8 Å². The summed E-state index contributed by atoms with van der Waals surface area (Å²) in [6, 6.07) is 7.14. The molecule has 2 N–H and O–H groups in total. The van der Waals surface area contributed by atoms with Crippen molar-refractivity contribution in [3.63, 3.8) is 0 Å². The minimum atomic E-state index is -0.864. The van der Waals surface area contributed by atoms with Crippen molar-refractivity contribution < 1.29 is 14.7 Å². The summed E-state index contributed by atoms with van der Waals surface area (Å²) in [6.07, 6.45) is 0.0252. The summed E-state index contributed by atoms with van der Waals surface area (Å²) in [4.78, 5) is 24.2. The molecule has 0 heterocycles. The molecular formula is C13H17IN2O3. The predicted molar refractivity (Wildman–Crippen MR) is 82.1 cm³/mol. The van der Waals surface area contributed by atoms with Crippen molar-refractivity contribution in [2.45, 2.75) is 19.4 Å². The van der Waals surface area contributed by atoms with Crippen LogP contribution in [0.4, 0.5) is 5.69 Å². The SMILES string of the molecule is CC(C(=O)Nc1cccc(I)c1)N(C)CCC(=O)O. The number of hydrogen-bond acceptors (Lipinski definition) is 3. The maximum absolute atomic E-state index is 12.0. The summed E-state index contributed by atoms with van der Waals surface area (Å²) in [5.41, 5.74) is 0.746. The van der Waals surface area contributed by atoms with Gasteiger partial charge in [-0.1, -0.05) is 6.07 Å². The van der Waals surface area contributed by atoms with E-state index < -0.39 is 5.97 Å². The van der Waals surface area contributed by atoms with Gasteiger partial charge in [-0.15, -0.1) is 0 Å². The van der Waals surface area contributed by atoms with Crippen molar-refractivity contribution in [2.24, 2.45) is 0 Å². The first-order chi connectivity index (χ1) is 8.90. The normalized spacial score (nSPS) is 12.2. The Morgan fingerprint density at radius 1 is 1.47 bits per heavy atom. The lowest BCUT2D eigenvalue weighted by atomic mass is 10.2. The third-order valence-corrected chi connectivity index (χ3v) is 3.48. The molecule has 0 saturated heterocycles. The van der Waals surface area contributed by atoms with Crippen LogP contribution in [0.15, 0.2) is 24.3 Å². The molecule has 0 saturated carbocycles. The Labute approximate surface area is 126 Å². The van der Waals surface area contributed by atoms with Crippen molar-refractivity contribution in [1.82, 2.24) is 4.90 Å². The predicted octanol–water partition coefficient (Wildman–Crippen LogP) is 2.02. The zero-order chi connectivity index (χ0) is 14.4. The summed E-state index contributed by atoms with van der Waals surface area (Å²) in [7, 11) is 1.74. The molecule has 1 unspecified atom stereocenters. The van der Waals surface area contributed by atoms with Crippen LogP contribution >= 0.6 is 22.6 Å². The second kappa shape index (κ2) is 7.44. The van der Waals surface area contributed by atoms with Gasteiger partial charge in [0.15, 0.2) is 0 Å². The van der Waals surface area contributed by atoms with Crippen LogP contribution in [0.25, 0.3) is 0 Å². The molecule has 0 radical (unpaired) electrons. The van der Waals surface area contributed by atoms with E-state index in [1.54, 1.807) is 18.9 Å². The van der Waals surface area contributed by atoms with Gasteiger partial charge in [0.25, 0.3) is 0 Å². The van der Waals surface area contributed by atoms with Crippen molar-refractivity contribution in [3.05, 3.63) is 27.8 Å². The van der Waals surface area contributed by atoms with Crippen LogP contribution in [0.3, 0.4) is 0 Å². The molecule has 1 rings (SSSR count). The van der Waals surface area contributed by atoms with E-state index in [1.165, 1.54) is 0 Å². The number of nitrogens with one attached hydrogen (secondary N) is 1. The molecule has 0 aliphatic rings. The molecule has 6 heteroatoms. The zero-order valence-electron chi connectivity index (χ0n) is 10.9. The number of amides is 1. The van der Waals surface area contributed by atoms with E-state index in [0.29, 0.717) is 6.54 Å². The number of hydrogen-bond donors (Lipinski definition) is 2. The first-order valence-corrected chi connectivity index (χ1v) is 6.96. The number of likely N-dealkylation sites (N-methyl/N-ethyl adjacent to an activating group) is 1. The van der Waals surface area contributed by atoms with Gasteiger partial charge < -0.3 is 10.4 Å². The summed E-state index contributed by atoms with van der Waals surface area (Å²) in [5, 5.41) is 11.4. The van der Waals surface area contributed by atoms with Crippen LogP contribution in [0.1, 0.15) is 13.3 Å². The maximum atomic E-state index is 12.0. The number of halogens is 1. The molecule has 0 aromatic heterocycles. The fourth-order valence-electron chi connectivity index (χ4n) is 1.48. The summed E-state index contributed by atoms with van der Waals surface area (Å²) in [6.45, 7) is 2.10. The standard InChI is InChI=1S/C13H17IN2O3/c1-9(16(2)7-6-12(17)18)13(19)15-11-5-3-4-10(14)8-11/h3-5,8-9H,6-7H2,1-2H3,(H,15,19)(H,17,18). The van der Waals surface area contributed by atoms with E-state index in [1.807, 2.05) is 24.3 Å². The summed E-state index contributed by atoms with van der Waals surface area (Å²) in [5.74, 6) is -1.01. The van der Waals surface area contributed by atoms with E-state index in [0.717, 1.165) is 9.26 Å². The lowest BCUT2D eigenvalue weighted by Gasteiger charge is -2.23. The molecule has 1 atom stereocenters. The van der Waals surface area contributed by atoms with Crippen molar-refractivity contribution in [1.29, 1.82) is 0 Å². The number of carbonyl (C=O) groups excluding carboxylic acids is 1. The molecule has 19 heavy (non-hydrogen) atoms. The Morgan fingerprint density at radius 2 is 2.16 bits per heavy atom.